The van der Waals surface area contributed by atoms with Gasteiger partial charge in [-0.25, -0.2) is 29.9 Å². The molecule has 0 saturated carbocycles. The van der Waals surface area contributed by atoms with E-state index in [-0.39, 0.29) is 12.1 Å². The Labute approximate surface area is 534 Å². The van der Waals surface area contributed by atoms with E-state index in [0.717, 1.165) is 89.4 Å². The third-order valence-electron chi connectivity index (χ3n) is 18.0. The number of hydrogen-bond acceptors (Lipinski definition) is 8. The van der Waals surface area contributed by atoms with Gasteiger partial charge < -0.3 is 14.4 Å². The SMILES string of the molecule is CC(C)(C)c1ccc2c(c1)c1ccccc1n2-c1ccc(-c2nc(-c3ccccc3)nc(-c3ccccc3)n2)cc1-c1nc(-c2ccccc2)nc(-c2ccc(-c3cc4c5c(c3)N(c3ccccc3)c3ccccc3B5c3ccccc3N4c3ccccc3)cc2)n1. The van der Waals surface area contributed by atoms with Crippen molar-refractivity contribution in [3.8, 4) is 85.1 Å². The molecular formula is C82H58BN9. The van der Waals surface area contributed by atoms with Crippen molar-refractivity contribution >= 4 is 79.0 Å². The summed E-state index contributed by atoms with van der Waals surface area (Å²) in [5.74, 6) is 3.26. The van der Waals surface area contributed by atoms with E-state index in [9.17, 15) is 0 Å². The van der Waals surface area contributed by atoms with Crippen molar-refractivity contribution in [2.45, 2.75) is 26.2 Å². The number of nitrogens with zero attached hydrogens (tertiary/aromatic N) is 9. The van der Waals surface area contributed by atoms with Crippen molar-refractivity contribution in [1.82, 2.24) is 34.5 Å². The van der Waals surface area contributed by atoms with Crippen LogP contribution in [0.4, 0.5) is 34.1 Å². The van der Waals surface area contributed by atoms with Gasteiger partial charge in [0.05, 0.1) is 16.7 Å². The lowest BCUT2D eigenvalue weighted by Crippen LogP contribution is -2.61. The molecule has 0 N–H and O–H groups in total. The molecule has 3 aromatic heterocycles. The molecule has 17 rings (SSSR count). The minimum atomic E-state index is -0.0631. The van der Waals surface area contributed by atoms with E-state index < -0.39 is 0 Å². The number of anilines is 6. The summed E-state index contributed by atoms with van der Waals surface area (Å²) >= 11 is 0. The van der Waals surface area contributed by atoms with Gasteiger partial charge in [-0.15, -0.1) is 0 Å². The Bertz CT molecular complexity index is 5160. The zero-order valence-electron chi connectivity index (χ0n) is 50.9. The highest BCUT2D eigenvalue weighted by atomic mass is 15.2. The summed E-state index contributed by atoms with van der Waals surface area (Å²) in [7, 11) is 0. The Hall–Kier alpha value is -11.9. The van der Waals surface area contributed by atoms with Gasteiger partial charge in [0.25, 0.3) is 6.71 Å². The molecule has 9 nitrogen and oxygen atoms in total. The Morgan fingerprint density at radius 1 is 0.283 bits per heavy atom. The zero-order valence-corrected chi connectivity index (χ0v) is 50.9. The molecule has 0 unspecified atom stereocenters. The van der Waals surface area contributed by atoms with E-state index in [1.807, 2.05) is 78.9 Å². The Morgan fingerprint density at radius 3 is 1.20 bits per heavy atom. The second-order valence-electron chi connectivity index (χ2n) is 24.7. The van der Waals surface area contributed by atoms with Crippen LogP contribution < -0.4 is 26.2 Å². The molecule has 92 heavy (non-hydrogen) atoms. The fourth-order valence-corrected chi connectivity index (χ4v) is 13.6. The number of hydrogen-bond donors (Lipinski definition) is 0. The smallest absolute Gasteiger partial charge is 0.252 e. The van der Waals surface area contributed by atoms with Crippen LogP contribution in [0.2, 0.25) is 0 Å². The molecule has 5 heterocycles. The largest absolute Gasteiger partial charge is 0.311 e. The number of para-hydroxylation sites is 5. The molecular weight excluding hydrogens is 1120 g/mol. The molecule has 0 amide bonds. The first-order chi connectivity index (χ1) is 45.3. The van der Waals surface area contributed by atoms with Crippen LogP contribution in [0, 0.1) is 0 Å². The van der Waals surface area contributed by atoms with Gasteiger partial charge >= 0.3 is 0 Å². The van der Waals surface area contributed by atoms with Gasteiger partial charge in [-0.3, -0.25) is 0 Å². The fourth-order valence-electron chi connectivity index (χ4n) is 13.6. The molecule has 15 aromatic rings. The van der Waals surface area contributed by atoms with E-state index in [4.69, 9.17) is 29.9 Å². The van der Waals surface area contributed by atoms with Gasteiger partial charge in [0, 0.05) is 78.3 Å². The van der Waals surface area contributed by atoms with Gasteiger partial charge in [-0.1, -0.05) is 233 Å². The normalized spacial score (nSPS) is 12.4. The van der Waals surface area contributed by atoms with Crippen molar-refractivity contribution in [2.75, 3.05) is 9.80 Å². The van der Waals surface area contributed by atoms with E-state index in [2.05, 4.69) is 254 Å². The van der Waals surface area contributed by atoms with Crippen LogP contribution in [0.1, 0.15) is 26.3 Å². The first-order valence-electron chi connectivity index (χ1n) is 31.3. The van der Waals surface area contributed by atoms with E-state index >= 15 is 0 Å². The Kier molecular flexibility index (Phi) is 13.0. The lowest BCUT2D eigenvalue weighted by Gasteiger charge is -2.44. The molecule has 434 valence electrons. The molecule has 2 aliphatic heterocycles. The quantitative estimate of drug-likeness (QED) is 0.125. The number of benzene rings is 12. The van der Waals surface area contributed by atoms with E-state index in [1.54, 1.807) is 0 Å². The molecule has 2 aliphatic rings. The van der Waals surface area contributed by atoms with Crippen molar-refractivity contribution in [2.24, 2.45) is 0 Å². The van der Waals surface area contributed by atoms with Gasteiger partial charge in [-0.2, -0.15) is 0 Å². The summed E-state index contributed by atoms with van der Waals surface area (Å²) in [4.78, 5) is 36.8. The highest BCUT2D eigenvalue weighted by molar-refractivity contribution is 7.00. The van der Waals surface area contributed by atoms with Gasteiger partial charge in [0.2, 0.25) is 0 Å². The number of fused-ring (bicyclic) bond motifs is 7. The monoisotopic (exact) mass is 1180 g/mol. The van der Waals surface area contributed by atoms with Crippen LogP contribution >= 0.6 is 0 Å². The highest BCUT2D eigenvalue weighted by Crippen LogP contribution is 2.47. The highest BCUT2D eigenvalue weighted by Gasteiger charge is 2.43. The summed E-state index contributed by atoms with van der Waals surface area (Å²) in [6, 6.07) is 105. The van der Waals surface area contributed by atoms with Crippen molar-refractivity contribution in [3.63, 3.8) is 0 Å². The molecule has 10 heteroatoms. The summed E-state index contributed by atoms with van der Waals surface area (Å²) in [6.07, 6.45) is 0. The molecule has 0 atom stereocenters. The number of aromatic nitrogens is 7. The topological polar surface area (TPSA) is 88.7 Å². The Morgan fingerprint density at radius 2 is 0.685 bits per heavy atom. The molecule has 0 radical (unpaired) electrons. The predicted molar refractivity (Wildman–Crippen MR) is 378 cm³/mol. The third-order valence-corrected chi connectivity index (χ3v) is 18.0. The van der Waals surface area contributed by atoms with Crippen LogP contribution in [0.5, 0.6) is 0 Å². The van der Waals surface area contributed by atoms with Gasteiger partial charge in [0.1, 0.15) is 0 Å². The van der Waals surface area contributed by atoms with Crippen LogP contribution in [-0.2, 0) is 5.41 Å². The van der Waals surface area contributed by atoms with Crippen molar-refractivity contribution in [3.05, 3.63) is 303 Å². The second kappa shape index (κ2) is 22.0. The lowest BCUT2D eigenvalue weighted by atomic mass is 9.33. The van der Waals surface area contributed by atoms with Crippen LogP contribution in [0.15, 0.2) is 297 Å². The molecule has 12 aromatic carbocycles. The second-order valence-corrected chi connectivity index (χ2v) is 24.7. The minimum absolute atomic E-state index is 0.00818. The van der Waals surface area contributed by atoms with Crippen LogP contribution in [-0.4, -0.2) is 41.2 Å². The maximum Gasteiger partial charge on any atom is 0.252 e. The van der Waals surface area contributed by atoms with Crippen molar-refractivity contribution < 1.29 is 0 Å². The summed E-state index contributed by atoms with van der Waals surface area (Å²) in [5, 5.41) is 2.32. The van der Waals surface area contributed by atoms with Gasteiger partial charge in [-0.05, 0) is 123 Å². The van der Waals surface area contributed by atoms with Crippen LogP contribution in [0.3, 0.4) is 0 Å². The first kappa shape index (κ1) is 54.3. The zero-order chi connectivity index (χ0) is 61.4. The van der Waals surface area contributed by atoms with Crippen LogP contribution in [0.25, 0.3) is 107 Å². The molecule has 0 spiro atoms. The number of rotatable bonds is 10. The average Bonchev–Trinajstić information content (AvgIpc) is 0.882. The third kappa shape index (κ3) is 9.33. The first-order valence-corrected chi connectivity index (χ1v) is 31.3. The lowest BCUT2D eigenvalue weighted by molar-refractivity contribution is 0.591. The maximum atomic E-state index is 5.57. The average molecular weight is 1180 g/mol. The molecule has 0 fully saturated rings. The minimum Gasteiger partial charge on any atom is -0.311 e. The fraction of sp³-hybridized carbons (Fsp3) is 0.0488. The van der Waals surface area contributed by atoms with E-state index in [1.165, 1.54) is 38.7 Å². The molecule has 0 saturated heterocycles. The Balaban J connectivity index is 0.866. The summed E-state index contributed by atoms with van der Waals surface area (Å²) in [6.45, 7) is 6.81. The predicted octanol–water partition coefficient (Wildman–Crippen LogP) is 18.2. The summed E-state index contributed by atoms with van der Waals surface area (Å²) in [5.41, 5.74) is 22.0. The van der Waals surface area contributed by atoms with Crippen molar-refractivity contribution in [1.29, 1.82) is 0 Å². The standard InChI is InChI=1S/C82H58BN9/c1-82(2,3)60-46-48-69-64(52-60)63-35-19-22-38-68(63)92(69)70-47-45-58(80-86-76(54-25-9-4-10-26-54)84-77(87-80)55-27-11-5-12-28-55)49-65(70)81-88-78(56-29-13-6-14-30-56)85-79(89-81)57-43-41-53(42-44-57)59-50-73-75-74(51-59)91(62-33-17-8-18-34-62)72-40-24-21-37-67(72)83(75)66-36-20-23-39-71(66)90(73)61-31-15-7-16-32-61/h4-52H,1-3H3. The van der Waals surface area contributed by atoms with E-state index in [0.29, 0.717) is 34.9 Å². The van der Waals surface area contributed by atoms with Gasteiger partial charge in [0.15, 0.2) is 34.9 Å². The molecule has 0 bridgehead atoms. The summed E-state index contributed by atoms with van der Waals surface area (Å²) < 4.78 is 2.36. The maximum absolute atomic E-state index is 5.57. The molecule has 0 aliphatic carbocycles.